The Morgan fingerprint density at radius 1 is 1.16 bits per heavy atom. The van der Waals surface area contributed by atoms with Crippen LogP contribution in [0.1, 0.15) is 45.7 Å². The molecule has 3 N–H and O–H groups in total. The van der Waals surface area contributed by atoms with Crippen LogP contribution in [0.3, 0.4) is 0 Å². The molecule has 0 fully saturated rings. The molecule has 0 heterocycles. The van der Waals surface area contributed by atoms with Crippen LogP contribution in [0.2, 0.25) is 0 Å². The lowest BCUT2D eigenvalue weighted by Gasteiger charge is -2.26. The van der Waals surface area contributed by atoms with Gasteiger partial charge in [0.2, 0.25) is 0 Å². The number of guanidine groups is 1. The van der Waals surface area contributed by atoms with Crippen LogP contribution in [0.25, 0.3) is 0 Å². The first kappa shape index (κ1) is 15.5. The molecule has 0 bridgehead atoms. The molecule has 1 aromatic rings. The number of aryl methyl sites for hydroxylation is 1. The Morgan fingerprint density at radius 3 is 2.26 bits per heavy atom. The predicted molar refractivity (Wildman–Crippen MR) is 83.6 cm³/mol. The van der Waals surface area contributed by atoms with E-state index in [1.54, 1.807) is 0 Å². The number of rotatable bonds is 3. The Bertz CT molecular complexity index is 453. The van der Waals surface area contributed by atoms with Gasteiger partial charge in [0, 0.05) is 11.0 Å². The molecule has 0 atom stereocenters. The molecule has 0 aliphatic rings. The zero-order valence-electron chi connectivity index (χ0n) is 13.0. The van der Waals surface area contributed by atoms with Crippen molar-refractivity contribution in [1.29, 1.82) is 0 Å². The van der Waals surface area contributed by atoms with E-state index in [9.17, 15) is 0 Å². The summed E-state index contributed by atoms with van der Waals surface area (Å²) >= 11 is 0. The minimum Gasteiger partial charge on any atom is -0.370 e. The third kappa shape index (κ3) is 4.93. The van der Waals surface area contributed by atoms with Crippen LogP contribution in [0.15, 0.2) is 29.3 Å². The van der Waals surface area contributed by atoms with Crippen LogP contribution in [0.5, 0.6) is 0 Å². The SMILES string of the molecule is Cc1ccccc1C(C)(C)CN=C(N)NC(C)(C)C. The van der Waals surface area contributed by atoms with Gasteiger partial charge in [0.05, 0.1) is 6.54 Å². The van der Waals surface area contributed by atoms with Gasteiger partial charge in [-0.3, -0.25) is 4.99 Å². The van der Waals surface area contributed by atoms with Crippen LogP contribution < -0.4 is 11.1 Å². The van der Waals surface area contributed by atoms with E-state index < -0.39 is 0 Å². The van der Waals surface area contributed by atoms with Crippen molar-refractivity contribution in [2.45, 2.75) is 52.5 Å². The van der Waals surface area contributed by atoms with Crippen LogP contribution in [-0.4, -0.2) is 18.0 Å². The van der Waals surface area contributed by atoms with Crippen molar-refractivity contribution in [1.82, 2.24) is 5.32 Å². The minimum atomic E-state index is -0.0552. The third-order valence-electron chi connectivity index (χ3n) is 3.02. The zero-order valence-corrected chi connectivity index (χ0v) is 13.0. The highest BCUT2D eigenvalue weighted by molar-refractivity contribution is 5.78. The summed E-state index contributed by atoms with van der Waals surface area (Å²) in [4.78, 5) is 4.48. The largest absolute Gasteiger partial charge is 0.370 e. The lowest BCUT2D eigenvalue weighted by molar-refractivity contribution is 0.499. The van der Waals surface area contributed by atoms with Gasteiger partial charge in [-0.2, -0.15) is 0 Å². The summed E-state index contributed by atoms with van der Waals surface area (Å²) < 4.78 is 0. The van der Waals surface area contributed by atoms with E-state index in [2.05, 4.69) is 76.1 Å². The fourth-order valence-electron chi connectivity index (χ4n) is 2.12. The van der Waals surface area contributed by atoms with Crippen molar-refractivity contribution >= 4 is 5.96 Å². The summed E-state index contributed by atoms with van der Waals surface area (Å²) in [6.07, 6.45) is 0. The van der Waals surface area contributed by atoms with E-state index in [1.165, 1.54) is 11.1 Å². The molecule has 19 heavy (non-hydrogen) atoms. The van der Waals surface area contributed by atoms with Gasteiger partial charge in [0.15, 0.2) is 5.96 Å². The summed E-state index contributed by atoms with van der Waals surface area (Å²) in [6, 6.07) is 8.44. The molecule has 0 aliphatic heterocycles. The van der Waals surface area contributed by atoms with Crippen molar-refractivity contribution in [3.63, 3.8) is 0 Å². The van der Waals surface area contributed by atoms with Gasteiger partial charge in [-0.25, -0.2) is 0 Å². The average Bonchev–Trinajstić information content (AvgIpc) is 2.24. The van der Waals surface area contributed by atoms with Gasteiger partial charge < -0.3 is 11.1 Å². The minimum absolute atomic E-state index is 0.0183. The first-order valence-electron chi connectivity index (χ1n) is 6.76. The van der Waals surface area contributed by atoms with Gasteiger partial charge in [-0.1, -0.05) is 38.1 Å². The maximum atomic E-state index is 5.92. The molecule has 0 amide bonds. The maximum Gasteiger partial charge on any atom is 0.189 e. The van der Waals surface area contributed by atoms with Crippen molar-refractivity contribution in [3.05, 3.63) is 35.4 Å². The molecule has 0 saturated carbocycles. The Kier molecular flexibility index (Phi) is 4.61. The van der Waals surface area contributed by atoms with E-state index in [0.717, 1.165) is 0 Å². The summed E-state index contributed by atoms with van der Waals surface area (Å²) in [5.41, 5.74) is 8.47. The first-order valence-corrected chi connectivity index (χ1v) is 6.76. The lowest BCUT2D eigenvalue weighted by atomic mass is 9.82. The number of benzene rings is 1. The van der Waals surface area contributed by atoms with E-state index in [0.29, 0.717) is 12.5 Å². The molecule has 1 aromatic carbocycles. The molecular weight excluding hydrogens is 234 g/mol. The van der Waals surface area contributed by atoms with Crippen LogP contribution in [0.4, 0.5) is 0 Å². The fourth-order valence-corrected chi connectivity index (χ4v) is 2.12. The van der Waals surface area contributed by atoms with Crippen molar-refractivity contribution in [2.24, 2.45) is 10.7 Å². The molecule has 3 heteroatoms. The van der Waals surface area contributed by atoms with E-state index in [-0.39, 0.29) is 11.0 Å². The standard InChI is InChI=1S/C16H27N3/c1-12-9-7-8-10-13(12)16(5,6)11-18-14(17)19-15(2,3)4/h7-10H,11H2,1-6H3,(H3,17,18,19). The molecule has 0 saturated heterocycles. The van der Waals surface area contributed by atoms with E-state index in [4.69, 9.17) is 5.73 Å². The molecular formula is C16H27N3. The Labute approximate surface area is 117 Å². The number of hydrogen-bond acceptors (Lipinski definition) is 1. The highest BCUT2D eigenvalue weighted by Gasteiger charge is 2.22. The topological polar surface area (TPSA) is 50.4 Å². The lowest BCUT2D eigenvalue weighted by Crippen LogP contribution is -2.45. The highest BCUT2D eigenvalue weighted by Crippen LogP contribution is 2.26. The second kappa shape index (κ2) is 5.64. The first-order chi connectivity index (χ1) is 8.62. The summed E-state index contributed by atoms with van der Waals surface area (Å²) in [6.45, 7) is 13.4. The normalized spacial score (nSPS) is 13.5. The number of hydrogen-bond donors (Lipinski definition) is 2. The third-order valence-corrected chi connectivity index (χ3v) is 3.02. The Morgan fingerprint density at radius 2 is 1.74 bits per heavy atom. The quantitative estimate of drug-likeness (QED) is 0.649. The second-order valence-corrected chi connectivity index (χ2v) is 6.78. The number of nitrogens with one attached hydrogen (secondary N) is 1. The van der Waals surface area contributed by atoms with Crippen LogP contribution in [0, 0.1) is 6.92 Å². The van der Waals surface area contributed by atoms with Gasteiger partial charge in [-0.05, 0) is 38.8 Å². The molecule has 0 spiro atoms. The summed E-state index contributed by atoms with van der Waals surface area (Å²) in [5.74, 6) is 0.508. The molecule has 0 aromatic heterocycles. The van der Waals surface area contributed by atoms with Crippen LogP contribution >= 0.6 is 0 Å². The van der Waals surface area contributed by atoms with E-state index in [1.807, 2.05) is 0 Å². The Balaban J connectivity index is 2.81. The van der Waals surface area contributed by atoms with Crippen molar-refractivity contribution in [2.75, 3.05) is 6.54 Å². The Hall–Kier alpha value is -1.51. The predicted octanol–water partition coefficient (Wildman–Crippen LogP) is 2.98. The number of aliphatic imine (C=N–C) groups is 1. The molecule has 0 unspecified atom stereocenters. The fraction of sp³-hybridized carbons (Fsp3) is 0.562. The molecule has 0 aliphatic carbocycles. The number of nitrogens with two attached hydrogens (primary N) is 1. The monoisotopic (exact) mass is 261 g/mol. The van der Waals surface area contributed by atoms with Gasteiger partial charge >= 0.3 is 0 Å². The summed E-state index contributed by atoms with van der Waals surface area (Å²) in [5, 5.41) is 3.19. The van der Waals surface area contributed by atoms with Gasteiger partial charge in [0.25, 0.3) is 0 Å². The zero-order chi connectivity index (χ0) is 14.7. The van der Waals surface area contributed by atoms with Gasteiger partial charge in [-0.15, -0.1) is 0 Å². The van der Waals surface area contributed by atoms with Crippen molar-refractivity contribution < 1.29 is 0 Å². The highest BCUT2D eigenvalue weighted by atomic mass is 15.1. The van der Waals surface area contributed by atoms with Gasteiger partial charge in [0.1, 0.15) is 0 Å². The summed E-state index contributed by atoms with van der Waals surface area (Å²) in [7, 11) is 0. The average molecular weight is 261 g/mol. The van der Waals surface area contributed by atoms with Crippen LogP contribution in [-0.2, 0) is 5.41 Å². The van der Waals surface area contributed by atoms with E-state index >= 15 is 0 Å². The smallest absolute Gasteiger partial charge is 0.189 e. The van der Waals surface area contributed by atoms with Crippen molar-refractivity contribution in [3.8, 4) is 0 Å². The number of nitrogens with zero attached hydrogens (tertiary/aromatic N) is 1. The molecule has 1 rings (SSSR count). The second-order valence-electron chi connectivity index (χ2n) is 6.78. The molecule has 106 valence electrons. The maximum absolute atomic E-state index is 5.92. The molecule has 3 nitrogen and oxygen atoms in total. The molecule has 0 radical (unpaired) electrons.